The summed E-state index contributed by atoms with van der Waals surface area (Å²) in [6.07, 6.45) is 4.79. The largest absolute Gasteiger partial charge is 0.382 e. The van der Waals surface area contributed by atoms with Gasteiger partial charge in [0.05, 0.1) is 13.2 Å². The van der Waals surface area contributed by atoms with Crippen LogP contribution in [0, 0.1) is 0 Å². The maximum atomic E-state index is 12.3. The zero-order valence-electron chi connectivity index (χ0n) is 17.1. The van der Waals surface area contributed by atoms with Crippen molar-refractivity contribution < 1.29 is 9.47 Å². The first-order valence-corrected chi connectivity index (χ1v) is 10.0. The van der Waals surface area contributed by atoms with Crippen molar-refractivity contribution in [3.05, 3.63) is 16.3 Å². The Hall–Kier alpha value is -1.14. The van der Waals surface area contributed by atoms with Crippen LogP contribution in [-0.4, -0.2) is 66.9 Å². The number of halogens is 1. The molecule has 0 saturated carbocycles. The Kier molecular flexibility index (Phi) is 13.2. The molecule has 1 aromatic heterocycles. The van der Waals surface area contributed by atoms with Gasteiger partial charge in [-0.3, -0.25) is 9.56 Å². The lowest BCUT2D eigenvalue weighted by Crippen LogP contribution is -2.38. The van der Waals surface area contributed by atoms with Crippen LogP contribution >= 0.6 is 24.0 Å². The number of rotatable bonds is 12. The molecule has 0 atom stereocenters. The summed E-state index contributed by atoms with van der Waals surface area (Å²) in [6, 6.07) is 0. The topological polar surface area (TPSA) is 94.7 Å². The predicted octanol–water partition coefficient (Wildman–Crippen LogP) is 0.997. The van der Waals surface area contributed by atoms with Crippen LogP contribution in [0.3, 0.4) is 0 Å². The van der Waals surface area contributed by atoms with E-state index in [0.717, 1.165) is 63.5 Å². The molecule has 0 amide bonds. The monoisotopic (exact) mass is 510 g/mol. The fourth-order valence-corrected chi connectivity index (χ4v) is 2.97. The van der Waals surface area contributed by atoms with Crippen molar-refractivity contribution in [2.24, 2.45) is 4.99 Å². The van der Waals surface area contributed by atoms with Crippen molar-refractivity contribution in [1.82, 2.24) is 25.0 Å². The molecule has 0 aliphatic carbocycles. The first-order chi connectivity index (χ1) is 13.3. The van der Waals surface area contributed by atoms with Gasteiger partial charge in [-0.2, -0.15) is 5.10 Å². The number of ether oxygens (including phenoxy) is 2. The van der Waals surface area contributed by atoms with Gasteiger partial charge in [-0.1, -0.05) is 0 Å². The Morgan fingerprint density at radius 3 is 2.82 bits per heavy atom. The number of aryl methyl sites for hydroxylation is 2. The van der Waals surface area contributed by atoms with Crippen molar-refractivity contribution in [2.75, 3.05) is 46.6 Å². The van der Waals surface area contributed by atoms with Gasteiger partial charge in [0.15, 0.2) is 5.96 Å². The molecule has 0 fully saturated rings. The van der Waals surface area contributed by atoms with Crippen LogP contribution < -0.4 is 16.3 Å². The smallest absolute Gasteiger partial charge is 0.345 e. The lowest BCUT2D eigenvalue weighted by molar-refractivity contribution is 0.0698. The highest BCUT2D eigenvalue weighted by molar-refractivity contribution is 14.0. The Morgan fingerprint density at radius 1 is 1.21 bits per heavy atom. The number of hydrogen-bond donors (Lipinski definition) is 2. The fourth-order valence-electron chi connectivity index (χ4n) is 2.97. The first kappa shape index (κ1) is 24.9. The minimum absolute atomic E-state index is 0. The lowest BCUT2D eigenvalue weighted by atomic mass is 10.2. The van der Waals surface area contributed by atoms with Crippen LogP contribution in [0.4, 0.5) is 0 Å². The van der Waals surface area contributed by atoms with Gasteiger partial charge in [0.1, 0.15) is 5.82 Å². The second-order valence-corrected chi connectivity index (χ2v) is 6.53. The summed E-state index contributed by atoms with van der Waals surface area (Å²) in [5, 5.41) is 11.0. The number of aliphatic imine (C=N–C) groups is 1. The zero-order chi connectivity index (χ0) is 19.3. The van der Waals surface area contributed by atoms with Gasteiger partial charge in [0, 0.05) is 52.9 Å². The van der Waals surface area contributed by atoms with E-state index in [-0.39, 0.29) is 29.7 Å². The summed E-state index contributed by atoms with van der Waals surface area (Å²) in [6.45, 7) is 7.65. The van der Waals surface area contributed by atoms with Crippen molar-refractivity contribution >= 4 is 29.9 Å². The van der Waals surface area contributed by atoms with Gasteiger partial charge in [-0.05, 0) is 32.6 Å². The van der Waals surface area contributed by atoms with Crippen LogP contribution in [0.2, 0.25) is 0 Å². The van der Waals surface area contributed by atoms with Crippen LogP contribution in [-0.2, 0) is 29.0 Å². The molecule has 0 unspecified atom stereocenters. The van der Waals surface area contributed by atoms with Crippen molar-refractivity contribution in [3.63, 3.8) is 0 Å². The van der Waals surface area contributed by atoms with E-state index >= 15 is 0 Å². The van der Waals surface area contributed by atoms with E-state index in [0.29, 0.717) is 32.9 Å². The van der Waals surface area contributed by atoms with Crippen LogP contribution in [0.25, 0.3) is 0 Å². The Bertz CT molecular complexity index is 631. The van der Waals surface area contributed by atoms with E-state index < -0.39 is 0 Å². The quantitative estimate of drug-likeness (QED) is 0.189. The lowest BCUT2D eigenvalue weighted by Gasteiger charge is -2.11. The number of methoxy groups -OCH3 is 1. The molecule has 1 aliphatic rings. The van der Waals surface area contributed by atoms with Crippen molar-refractivity contribution in [1.29, 1.82) is 0 Å². The van der Waals surface area contributed by atoms with Crippen LogP contribution in [0.1, 0.15) is 38.4 Å². The molecule has 2 rings (SSSR count). The molecule has 1 aliphatic heterocycles. The molecule has 0 saturated heterocycles. The molecular weight excluding hydrogens is 475 g/mol. The molecule has 162 valence electrons. The van der Waals surface area contributed by atoms with E-state index in [4.69, 9.17) is 9.47 Å². The highest BCUT2D eigenvalue weighted by atomic mass is 127. The van der Waals surface area contributed by atoms with Crippen molar-refractivity contribution in [2.45, 2.75) is 52.1 Å². The minimum atomic E-state index is 0. The molecule has 0 bridgehead atoms. The van der Waals surface area contributed by atoms with Gasteiger partial charge >= 0.3 is 5.69 Å². The molecule has 0 spiro atoms. The van der Waals surface area contributed by atoms with E-state index in [1.807, 2.05) is 11.5 Å². The number of guanidine groups is 1. The van der Waals surface area contributed by atoms with Crippen LogP contribution in [0.15, 0.2) is 9.79 Å². The Morgan fingerprint density at radius 2 is 2.07 bits per heavy atom. The average Bonchev–Trinajstić information content (AvgIpc) is 3.00. The number of nitrogens with zero attached hydrogens (tertiary/aromatic N) is 4. The second-order valence-electron chi connectivity index (χ2n) is 6.53. The van der Waals surface area contributed by atoms with Crippen LogP contribution in [0.5, 0.6) is 0 Å². The summed E-state index contributed by atoms with van der Waals surface area (Å²) in [5.74, 6) is 1.73. The maximum absolute atomic E-state index is 12.3. The van der Waals surface area contributed by atoms with E-state index in [2.05, 4.69) is 20.7 Å². The minimum Gasteiger partial charge on any atom is -0.382 e. The second kappa shape index (κ2) is 14.8. The molecular formula is C18H35IN6O3. The normalized spacial score (nSPS) is 13.7. The molecule has 28 heavy (non-hydrogen) atoms. The summed E-state index contributed by atoms with van der Waals surface area (Å²) in [4.78, 5) is 16.9. The summed E-state index contributed by atoms with van der Waals surface area (Å²) >= 11 is 0. The highest BCUT2D eigenvalue weighted by Gasteiger charge is 2.16. The first-order valence-electron chi connectivity index (χ1n) is 10.0. The molecule has 9 nitrogen and oxygen atoms in total. The Balaban J connectivity index is 0.00000392. The van der Waals surface area contributed by atoms with E-state index in [1.165, 1.54) is 0 Å². The predicted molar refractivity (Wildman–Crippen MR) is 121 cm³/mol. The molecule has 0 radical (unpaired) electrons. The molecule has 0 aromatic carbocycles. The summed E-state index contributed by atoms with van der Waals surface area (Å²) < 4.78 is 13.8. The van der Waals surface area contributed by atoms with Crippen molar-refractivity contribution in [3.8, 4) is 0 Å². The molecule has 2 N–H and O–H groups in total. The molecule has 10 heteroatoms. The van der Waals surface area contributed by atoms with Gasteiger partial charge in [0.25, 0.3) is 0 Å². The maximum Gasteiger partial charge on any atom is 0.345 e. The fraction of sp³-hybridized carbons (Fsp3) is 0.833. The van der Waals surface area contributed by atoms with Gasteiger partial charge in [0.2, 0.25) is 0 Å². The Labute approximate surface area is 184 Å². The standard InChI is InChI=1S/C18H34N6O3.HI/c1-3-19-17(21-10-7-13-27-15-14-26-2)20-9-6-12-24-18(25)23-11-5-4-8-16(23)22-24;/h3-15H2,1-2H3,(H2,19,20,21);1H. The third-order valence-electron chi connectivity index (χ3n) is 4.36. The van der Waals surface area contributed by atoms with E-state index in [9.17, 15) is 4.79 Å². The molecule has 2 heterocycles. The average molecular weight is 510 g/mol. The number of fused-ring (bicyclic) bond motifs is 1. The van der Waals surface area contributed by atoms with E-state index in [1.54, 1.807) is 11.8 Å². The SMILES string of the molecule is CCNC(=NCCCn1nc2n(c1=O)CCCC2)NCCCOCCOC.I. The number of hydrogen-bond acceptors (Lipinski definition) is 5. The number of aromatic nitrogens is 3. The summed E-state index contributed by atoms with van der Waals surface area (Å²) in [5.41, 5.74) is 0.0205. The molecule has 1 aromatic rings. The third-order valence-corrected chi connectivity index (χ3v) is 4.36. The van der Waals surface area contributed by atoms with Gasteiger partial charge in [-0.15, -0.1) is 24.0 Å². The zero-order valence-corrected chi connectivity index (χ0v) is 19.4. The number of nitrogens with one attached hydrogen (secondary N) is 2. The highest BCUT2D eigenvalue weighted by Crippen LogP contribution is 2.09. The van der Waals surface area contributed by atoms with Gasteiger partial charge < -0.3 is 20.1 Å². The third kappa shape index (κ3) is 8.48. The summed E-state index contributed by atoms with van der Waals surface area (Å²) in [7, 11) is 1.67. The van der Waals surface area contributed by atoms with Gasteiger partial charge in [-0.25, -0.2) is 9.48 Å².